The molecule has 0 radical (unpaired) electrons. The third-order valence-electron chi connectivity index (χ3n) is 3.94. The van der Waals surface area contributed by atoms with Crippen LogP contribution in [0.4, 0.5) is 4.79 Å². The zero-order valence-corrected chi connectivity index (χ0v) is 12.5. The van der Waals surface area contributed by atoms with Gasteiger partial charge in [0.2, 0.25) is 0 Å². The van der Waals surface area contributed by atoms with Crippen molar-refractivity contribution in [1.29, 1.82) is 0 Å². The number of carbonyl (C=O) groups is 1. The zero-order valence-electron chi connectivity index (χ0n) is 12.5. The summed E-state index contributed by atoms with van der Waals surface area (Å²) in [6.45, 7) is 1.19. The van der Waals surface area contributed by atoms with Gasteiger partial charge in [0.05, 0.1) is 18.8 Å². The van der Waals surface area contributed by atoms with Crippen molar-refractivity contribution in [2.24, 2.45) is 7.05 Å². The number of carbonyl (C=O) groups excluding carboxylic acids is 1. The van der Waals surface area contributed by atoms with Gasteiger partial charge in [-0.1, -0.05) is 30.3 Å². The van der Waals surface area contributed by atoms with Crippen molar-refractivity contribution < 1.29 is 14.6 Å². The van der Waals surface area contributed by atoms with Crippen LogP contribution < -0.4 is 0 Å². The topological polar surface area (TPSA) is 67.6 Å². The number of amides is 1. The predicted molar refractivity (Wildman–Crippen MR) is 79.9 cm³/mol. The number of benzene rings is 1. The van der Waals surface area contributed by atoms with E-state index in [-0.39, 0.29) is 19.3 Å². The minimum atomic E-state index is -0.331. The van der Waals surface area contributed by atoms with E-state index < -0.39 is 0 Å². The molecule has 1 amide bonds. The van der Waals surface area contributed by atoms with E-state index >= 15 is 0 Å². The summed E-state index contributed by atoms with van der Waals surface area (Å²) in [7, 11) is 1.86. The highest BCUT2D eigenvalue weighted by Gasteiger charge is 2.27. The van der Waals surface area contributed by atoms with E-state index in [2.05, 4.69) is 5.10 Å². The molecule has 1 aliphatic rings. The summed E-state index contributed by atoms with van der Waals surface area (Å²) in [4.78, 5) is 13.9. The van der Waals surface area contributed by atoms with Crippen molar-refractivity contribution in [3.63, 3.8) is 0 Å². The smallest absolute Gasteiger partial charge is 0.410 e. The lowest BCUT2D eigenvalue weighted by atomic mass is 10.1. The summed E-state index contributed by atoms with van der Waals surface area (Å²) in [6, 6.07) is 9.61. The van der Waals surface area contributed by atoms with Crippen molar-refractivity contribution in [2.75, 3.05) is 6.54 Å². The van der Waals surface area contributed by atoms with E-state index in [1.165, 1.54) is 0 Å². The van der Waals surface area contributed by atoms with Crippen molar-refractivity contribution >= 4 is 6.09 Å². The van der Waals surface area contributed by atoms with Crippen molar-refractivity contribution in [1.82, 2.24) is 14.7 Å². The number of rotatable bonds is 3. The molecule has 0 aliphatic carbocycles. The van der Waals surface area contributed by atoms with Crippen molar-refractivity contribution in [3.8, 4) is 0 Å². The average molecular weight is 301 g/mol. The standard InChI is InChI=1S/C16H19N3O3/c1-18-15-7-8-19(9-13(15)14(10-20)17-18)16(21)22-11-12-5-3-2-4-6-12/h2-6,20H,7-11H2,1H3. The summed E-state index contributed by atoms with van der Waals surface area (Å²) < 4.78 is 7.15. The van der Waals surface area contributed by atoms with Crippen LogP contribution in [0.15, 0.2) is 30.3 Å². The molecular weight excluding hydrogens is 282 g/mol. The van der Waals surface area contributed by atoms with Gasteiger partial charge in [-0.05, 0) is 5.56 Å². The fourth-order valence-corrected chi connectivity index (χ4v) is 2.76. The van der Waals surface area contributed by atoms with Gasteiger partial charge in [0, 0.05) is 31.3 Å². The van der Waals surface area contributed by atoms with Crippen LogP contribution in [0, 0.1) is 0 Å². The maximum absolute atomic E-state index is 12.2. The number of hydrogen-bond acceptors (Lipinski definition) is 4. The largest absolute Gasteiger partial charge is 0.445 e. The van der Waals surface area contributed by atoms with Gasteiger partial charge >= 0.3 is 6.09 Å². The fraction of sp³-hybridized carbons (Fsp3) is 0.375. The van der Waals surface area contributed by atoms with Crippen LogP contribution in [0.3, 0.4) is 0 Å². The Kier molecular flexibility index (Phi) is 4.11. The van der Waals surface area contributed by atoms with Crippen LogP contribution in [0.2, 0.25) is 0 Å². The minimum absolute atomic E-state index is 0.115. The first-order chi connectivity index (χ1) is 10.7. The Balaban J connectivity index is 1.65. The highest BCUT2D eigenvalue weighted by molar-refractivity contribution is 5.68. The van der Waals surface area contributed by atoms with E-state index in [1.54, 1.807) is 9.58 Å². The Hall–Kier alpha value is -2.34. The Morgan fingerprint density at radius 3 is 2.86 bits per heavy atom. The molecule has 0 fully saturated rings. The average Bonchev–Trinajstić information content (AvgIpc) is 2.89. The summed E-state index contributed by atoms with van der Waals surface area (Å²) in [6.07, 6.45) is 0.390. The second-order valence-corrected chi connectivity index (χ2v) is 5.37. The maximum Gasteiger partial charge on any atom is 0.410 e. The first-order valence-electron chi connectivity index (χ1n) is 7.29. The van der Waals surface area contributed by atoms with Gasteiger partial charge in [-0.15, -0.1) is 0 Å². The van der Waals surface area contributed by atoms with Gasteiger partial charge < -0.3 is 14.7 Å². The molecule has 1 N–H and O–H groups in total. The summed E-state index contributed by atoms with van der Waals surface area (Å²) in [5.74, 6) is 0. The summed E-state index contributed by atoms with van der Waals surface area (Å²) >= 11 is 0. The number of fused-ring (bicyclic) bond motifs is 1. The van der Waals surface area contributed by atoms with E-state index in [1.807, 2.05) is 37.4 Å². The lowest BCUT2D eigenvalue weighted by Gasteiger charge is -2.26. The predicted octanol–water partition coefficient (Wildman–Crippen LogP) is 1.61. The highest BCUT2D eigenvalue weighted by atomic mass is 16.6. The van der Waals surface area contributed by atoms with Crippen molar-refractivity contribution in [2.45, 2.75) is 26.2 Å². The first-order valence-corrected chi connectivity index (χ1v) is 7.29. The van der Waals surface area contributed by atoms with Crippen LogP contribution in [-0.4, -0.2) is 32.4 Å². The van der Waals surface area contributed by atoms with Crippen molar-refractivity contribution in [3.05, 3.63) is 52.8 Å². The number of aryl methyl sites for hydroxylation is 1. The molecule has 116 valence electrons. The number of aliphatic hydroxyl groups is 1. The summed E-state index contributed by atoms with van der Waals surface area (Å²) in [5, 5.41) is 13.7. The molecule has 22 heavy (non-hydrogen) atoms. The molecule has 1 aliphatic heterocycles. The van der Waals surface area contributed by atoms with Gasteiger partial charge in [0.1, 0.15) is 6.61 Å². The molecule has 0 spiro atoms. The van der Waals surface area contributed by atoms with Gasteiger partial charge in [-0.2, -0.15) is 5.10 Å². The Morgan fingerprint density at radius 2 is 2.14 bits per heavy atom. The molecular formula is C16H19N3O3. The second kappa shape index (κ2) is 6.19. The molecule has 2 aromatic rings. The molecule has 3 rings (SSSR count). The Morgan fingerprint density at radius 1 is 1.36 bits per heavy atom. The van der Waals surface area contributed by atoms with E-state index in [0.717, 1.165) is 23.2 Å². The lowest BCUT2D eigenvalue weighted by molar-refractivity contribution is 0.0913. The molecule has 0 saturated heterocycles. The normalized spacial score (nSPS) is 13.8. The van der Waals surface area contributed by atoms with Crippen LogP contribution in [0.25, 0.3) is 0 Å². The molecule has 1 aromatic carbocycles. The highest BCUT2D eigenvalue weighted by Crippen LogP contribution is 2.22. The second-order valence-electron chi connectivity index (χ2n) is 5.37. The van der Waals surface area contributed by atoms with Gasteiger partial charge in [0.15, 0.2) is 0 Å². The molecule has 6 heteroatoms. The third-order valence-corrected chi connectivity index (χ3v) is 3.94. The van der Waals surface area contributed by atoms with E-state index in [0.29, 0.717) is 18.8 Å². The Labute approximate surface area is 128 Å². The monoisotopic (exact) mass is 301 g/mol. The molecule has 0 saturated carbocycles. The fourth-order valence-electron chi connectivity index (χ4n) is 2.76. The van der Waals surface area contributed by atoms with Gasteiger partial charge in [0.25, 0.3) is 0 Å². The van der Waals surface area contributed by atoms with E-state index in [9.17, 15) is 9.90 Å². The van der Waals surface area contributed by atoms with E-state index in [4.69, 9.17) is 4.74 Å². The molecule has 2 heterocycles. The van der Waals surface area contributed by atoms with Gasteiger partial charge in [-0.25, -0.2) is 4.79 Å². The van der Waals surface area contributed by atoms with Crippen LogP contribution in [0.5, 0.6) is 0 Å². The SMILES string of the molecule is Cn1nc(CO)c2c1CCN(C(=O)OCc1ccccc1)C2. The third kappa shape index (κ3) is 2.82. The Bertz CT molecular complexity index is 667. The number of nitrogens with zero attached hydrogens (tertiary/aromatic N) is 3. The maximum atomic E-state index is 12.2. The molecule has 0 bridgehead atoms. The van der Waals surface area contributed by atoms with Crippen LogP contribution in [0.1, 0.15) is 22.5 Å². The quantitative estimate of drug-likeness (QED) is 0.935. The first kappa shape index (κ1) is 14.6. The molecule has 0 atom stereocenters. The number of hydrogen-bond donors (Lipinski definition) is 1. The summed E-state index contributed by atoms with van der Waals surface area (Å²) in [5.41, 5.74) is 3.62. The number of aromatic nitrogens is 2. The zero-order chi connectivity index (χ0) is 15.5. The molecule has 1 aromatic heterocycles. The molecule has 0 unspecified atom stereocenters. The van der Waals surface area contributed by atoms with Crippen LogP contribution in [-0.2, 0) is 38.0 Å². The minimum Gasteiger partial charge on any atom is -0.445 e. The van der Waals surface area contributed by atoms with Crippen LogP contribution >= 0.6 is 0 Å². The lowest BCUT2D eigenvalue weighted by Crippen LogP contribution is -2.36. The molecule has 6 nitrogen and oxygen atoms in total. The number of ether oxygens (including phenoxy) is 1. The van der Waals surface area contributed by atoms with Gasteiger partial charge in [-0.3, -0.25) is 4.68 Å². The number of aliphatic hydroxyl groups excluding tert-OH is 1.